The lowest BCUT2D eigenvalue weighted by molar-refractivity contribution is -0.144. The van der Waals surface area contributed by atoms with Gasteiger partial charge in [0.25, 0.3) is 0 Å². The first kappa shape index (κ1) is 30.6. The largest absolute Gasteiger partial charge is 0.508 e. The number of alkyl carbamates (subject to hydrolysis) is 1. The predicted molar refractivity (Wildman–Crippen MR) is 141 cm³/mol. The number of hydrogen-bond acceptors (Lipinski definition) is 8. The van der Waals surface area contributed by atoms with E-state index in [9.17, 15) is 29.5 Å². The SMILES string of the molecule is COC(=O)CNC(=O)C(c1ccccc1C)N(CC#N)C(=O)C(Cc1ccc(O)cc1)NC(=O)OC(C)(C)C. The molecule has 208 valence electrons. The molecule has 0 bridgehead atoms. The van der Waals surface area contributed by atoms with E-state index in [1.807, 2.05) is 6.07 Å². The first-order chi connectivity index (χ1) is 18.4. The second-order valence-electron chi connectivity index (χ2n) is 9.75. The van der Waals surface area contributed by atoms with Crippen molar-refractivity contribution in [1.29, 1.82) is 5.26 Å². The number of carbonyl (C=O) groups excluding carboxylic acids is 4. The molecule has 0 spiro atoms. The number of nitrogens with one attached hydrogen (secondary N) is 2. The number of nitrogens with zero attached hydrogens (tertiary/aromatic N) is 2. The van der Waals surface area contributed by atoms with Crippen LogP contribution in [0.2, 0.25) is 0 Å². The number of ether oxygens (including phenoxy) is 2. The molecule has 0 aliphatic rings. The van der Waals surface area contributed by atoms with Crippen LogP contribution in [0.4, 0.5) is 4.79 Å². The third-order valence-corrected chi connectivity index (χ3v) is 5.57. The highest BCUT2D eigenvalue weighted by molar-refractivity contribution is 5.93. The predicted octanol–water partition coefficient (Wildman–Crippen LogP) is 2.52. The van der Waals surface area contributed by atoms with Crippen molar-refractivity contribution in [3.63, 3.8) is 0 Å². The van der Waals surface area contributed by atoms with Crippen molar-refractivity contribution in [2.24, 2.45) is 0 Å². The Morgan fingerprint density at radius 1 is 1.08 bits per heavy atom. The number of carbonyl (C=O) groups is 4. The van der Waals surface area contributed by atoms with E-state index in [-0.39, 0.29) is 12.2 Å². The monoisotopic (exact) mass is 538 g/mol. The van der Waals surface area contributed by atoms with Gasteiger partial charge >= 0.3 is 12.1 Å². The number of esters is 1. The van der Waals surface area contributed by atoms with Gasteiger partial charge in [-0.15, -0.1) is 0 Å². The molecule has 0 aliphatic carbocycles. The standard InChI is InChI=1S/C28H34N4O7/c1-18-8-6-7-9-21(18)24(25(35)30-17-23(34)38-5)32(15-14-29)26(36)22(31-27(37)39-28(2,3)4)16-19-10-12-20(33)13-11-19/h6-13,22,24,33H,15-17H2,1-5H3,(H,30,35)(H,31,37). The maximum atomic E-state index is 14.0. The number of amides is 3. The molecule has 2 aromatic carbocycles. The van der Waals surface area contributed by atoms with E-state index in [0.717, 1.165) is 4.90 Å². The van der Waals surface area contributed by atoms with Crippen molar-refractivity contribution in [2.45, 2.75) is 51.8 Å². The average Bonchev–Trinajstić information content (AvgIpc) is 2.87. The number of benzene rings is 2. The van der Waals surface area contributed by atoms with E-state index in [2.05, 4.69) is 15.4 Å². The molecule has 2 rings (SSSR count). The summed E-state index contributed by atoms with van der Waals surface area (Å²) in [5.74, 6) is -2.10. The summed E-state index contributed by atoms with van der Waals surface area (Å²) in [6.45, 7) is 5.82. The first-order valence-electron chi connectivity index (χ1n) is 12.2. The van der Waals surface area contributed by atoms with Gasteiger partial charge in [0.05, 0.1) is 13.2 Å². The summed E-state index contributed by atoms with van der Waals surface area (Å²) in [7, 11) is 1.18. The van der Waals surface area contributed by atoms with Crippen LogP contribution < -0.4 is 10.6 Å². The number of phenolic OH excluding ortho intramolecular Hbond substituents is 1. The lowest BCUT2D eigenvalue weighted by Crippen LogP contribution is -2.54. The van der Waals surface area contributed by atoms with Crippen LogP contribution in [0.25, 0.3) is 0 Å². The Hall–Kier alpha value is -4.59. The highest BCUT2D eigenvalue weighted by Crippen LogP contribution is 2.26. The number of methoxy groups -OCH3 is 1. The van der Waals surface area contributed by atoms with Crippen molar-refractivity contribution >= 4 is 23.9 Å². The molecule has 2 atom stereocenters. The molecule has 39 heavy (non-hydrogen) atoms. The molecule has 11 nitrogen and oxygen atoms in total. The van der Waals surface area contributed by atoms with Crippen LogP contribution in [-0.4, -0.2) is 65.7 Å². The highest BCUT2D eigenvalue weighted by atomic mass is 16.6. The zero-order valence-corrected chi connectivity index (χ0v) is 22.7. The summed E-state index contributed by atoms with van der Waals surface area (Å²) in [6.07, 6.45) is -0.885. The van der Waals surface area contributed by atoms with Gasteiger partial charge in [0.15, 0.2) is 0 Å². The van der Waals surface area contributed by atoms with Crippen molar-refractivity contribution in [3.8, 4) is 11.8 Å². The molecule has 0 saturated carbocycles. The van der Waals surface area contributed by atoms with Gasteiger partial charge in [0.1, 0.15) is 36.5 Å². The Labute approximate surface area is 227 Å². The van der Waals surface area contributed by atoms with Gasteiger partial charge in [-0.3, -0.25) is 14.4 Å². The maximum Gasteiger partial charge on any atom is 0.408 e. The fraction of sp³-hybridized carbons (Fsp3) is 0.393. The summed E-state index contributed by atoms with van der Waals surface area (Å²) >= 11 is 0. The van der Waals surface area contributed by atoms with Crippen molar-refractivity contribution in [1.82, 2.24) is 15.5 Å². The van der Waals surface area contributed by atoms with Crippen LogP contribution in [0.5, 0.6) is 5.75 Å². The minimum Gasteiger partial charge on any atom is -0.508 e. The van der Waals surface area contributed by atoms with Crippen molar-refractivity contribution in [2.75, 3.05) is 20.2 Å². The zero-order chi connectivity index (χ0) is 29.2. The van der Waals surface area contributed by atoms with Gasteiger partial charge < -0.3 is 30.1 Å². The van der Waals surface area contributed by atoms with Gasteiger partial charge in [-0.05, 0) is 56.5 Å². The van der Waals surface area contributed by atoms with Gasteiger partial charge in [-0.2, -0.15) is 5.26 Å². The molecule has 11 heteroatoms. The second kappa shape index (κ2) is 13.8. The van der Waals surface area contributed by atoms with Crippen LogP contribution in [0, 0.1) is 18.3 Å². The van der Waals surface area contributed by atoms with E-state index >= 15 is 0 Å². The fourth-order valence-corrected chi connectivity index (χ4v) is 3.76. The molecule has 2 aromatic rings. The van der Waals surface area contributed by atoms with Crippen LogP contribution in [0.3, 0.4) is 0 Å². The Bertz CT molecular complexity index is 1220. The number of hydrogen-bond donors (Lipinski definition) is 3. The number of aryl methyl sites for hydroxylation is 1. The molecule has 0 aliphatic heterocycles. The molecule has 3 amide bonds. The van der Waals surface area contributed by atoms with Gasteiger partial charge in [0.2, 0.25) is 11.8 Å². The van der Waals surface area contributed by atoms with Crippen LogP contribution >= 0.6 is 0 Å². The van der Waals surface area contributed by atoms with Gasteiger partial charge in [-0.1, -0.05) is 36.4 Å². The molecule has 3 N–H and O–H groups in total. The normalized spacial score (nSPS) is 12.3. The molecule has 0 radical (unpaired) electrons. The van der Waals surface area contributed by atoms with E-state index < -0.39 is 54.7 Å². The third kappa shape index (κ3) is 9.34. The van der Waals surface area contributed by atoms with E-state index in [1.54, 1.807) is 64.1 Å². The smallest absolute Gasteiger partial charge is 0.408 e. The minimum atomic E-state index is -1.30. The fourth-order valence-electron chi connectivity index (χ4n) is 3.76. The Kier molecular flexibility index (Phi) is 10.8. The number of rotatable bonds is 10. The molecule has 0 saturated heterocycles. The third-order valence-electron chi connectivity index (χ3n) is 5.57. The number of nitriles is 1. The molecule has 2 unspecified atom stereocenters. The minimum absolute atomic E-state index is 0.0229. The lowest BCUT2D eigenvalue weighted by atomic mass is 9.97. The second-order valence-corrected chi connectivity index (χ2v) is 9.75. The van der Waals surface area contributed by atoms with E-state index in [4.69, 9.17) is 4.74 Å². The quantitative estimate of drug-likeness (QED) is 0.308. The van der Waals surface area contributed by atoms with Gasteiger partial charge in [-0.25, -0.2) is 4.79 Å². The van der Waals surface area contributed by atoms with Crippen LogP contribution in [0.1, 0.15) is 43.5 Å². The summed E-state index contributed by atoms with van der Waals surface area (Å²) in [6, 6.07) is 12.3. The lowest BCUT2D eigenvalue weighted by Gasteiger charge is -2.33. The van der Waals surface area contributed by atoms with Crippen molar-refractivity contribution < 1.29 is 33.8 Å². The summed E-state index contributed by atoms with van der Waals surface area (Å²) in [5.41, 5.74) is 0.854. The number of aromatic hydroxyl groups is 1. The summed E-state index contributed by atoms with van der Waals surface area (Å²) in [5, 5.41) is 24.3. The molecule has 0 heterocycles. The van der Waals surface area contributed by atoms with Gasteiger partial charge in [0, 0.05) is 6.42 Å². The summed E-state index contributed by atoms with van der Waals surface area (Å²) < 4.78 is 9.94. The van der Waals surface area contributed by atoms with E-state index in [0.29, 0.717) is 16.7 Å². The Morgan fingerprint density at radius 2 is 1.72 bits per heavy atom. The Morgan fingerprint density at radius 3 is 2.28 bits per heavy atom. The molecule has 0 aromatic heterocycles. The zero-order valence-electron chi connectivity index (χ0n) is 22.7. The number of phenols is 1. The van der Waals surface area contributed by atoms with Crippen LogP contribution in [-0.2, 0) is 30.3 Å². The molecular formula is C28H34N4O7. The van der Waals surface area contributed by atoms with Crippen LogP contribution in [0.15, 0.2) is 48.5 Å². The van der Waals surface area contributed by atoms with E-state index in [1.165, 1.54) is 19.2 Å². The topological polar surface area (TPSA) is 158 Å². The maximum absolute atomic E-state index is 14.0. The average molecular weight is 539 g/mol. The first-order valence-corrected chi connectivity index (χ1v) is 12.2. The Balaban J connectivity index is 2.53. The molecule has 0 fully saturated rings. The van der Waals surface area contributed by atoms with Crippen molar-refractivity contribution in [3.05, 3.63) is 65.2 Å². The highest BCUT2D eigenvalue weighted by Gasteiger charge is 2.37. The summed E-state index contributed by atoms with van der Waals surface area (Å²) in [4.78, 5) is 52.9. The molecular weight excluding hydrogens is 504 g/mol.